The van der Waals surface area contributed by atoms with Crippen LogP contribution >= 0.6 is 11.3 Å². The van der Waals surface area contributed by atoms with Crippen molar-refractivity contribution in [2.45, 2.75) is 72.0 Å². The third-order valence-corrected chi connectivity index (χ3v) is 5.45. The van der Waals surface area contributed by atoms with Crippen LogP contribution in [0.15, 0.2) is 0 Å². The summed E-state index contributed by atoms with van der Waals surface area (Å²) in [5.74, 6) is 0.645. The van der Waals surface area contributed by atoms with E-state index in [1.54, 1.807) is 0 Å². The normalized spacial score (nSPS) is 16.7. The van der Waals surface area contributed by atoms with Crippen molar-refractivity contribution in [3.05, 3.63) is 10.6 Å². The van der Waals surface area contributed by atoms with E-state index < -0.39 is 0 Å². The molecule has 1 unspecified atom stereocenters. The summed E-state index contributed by atoms with van der Waals surface area (Å²) in [5.41, 5.74) is 1.31. The van der Waals surface area contributed by atoms with Crippen molar-refractivity contribution >= 4 is 16.5 Å². The Kier molecular flexibility index (Phi) is 5.44. The monoisotopic (exact) mass is 295 g/mol. The summed E-state index contributed by atoms with van der Waals surface area (Å²) in [7, 11) is 2.18. The van der Waals surface area contributed by atoms with Gasteiger partial charge in [-0.05, 0) is 32.1 Å². The first-order valence-electron chi connectivity index (χ1n) is 7.97. The number of aryl methyl sites for hydroxylation is 1. The molecule has 1 heterocycles. The van der Waals surface area contributed by atoms with E-state index in [4.69, 9.17) is 4.98 Å². The molecule has 0 aliphatic heterocycles. The Balaban J connectivity index is 2.09. The van der Waals surface area contributed by atoms with Gasteiger partial charge in [-0.1, -0.05) is 27.2 Å². The number of hydrogen-bond acceptors (Lipinski definition) is 4. The molecule has 0 aromatic carbocycles. The average Bonchev–Trinajstić information content (AvgIpc) is 3.16. The lowest BCUT2D eigenvalue weighted by molar-refractivity contribution is 0.505. The highest BCUT2D eigenvalue weighted by Crippen LogP contribution is 2.30. The van der Waals surface area contributed by atoms with Crippen LogP contribution in [0.3, 0.4) is 0 Å². The number of hydrogen-bond donors (Lipinski definition) is 1. The van der Waals surface area contributed by atoms with Crippen LogP contribution in [-0.2, 0) is 13.0 Å². The topological polar surface area (TPSA) is 28.2 Å². The van der Waals surface area contributed by atoms with E-state index in [1.165, 1.54) is 35.0 Å². The molecular weight excluding hydrogens is 266 g/mol. The summed E-state index contributed by atoms with van der Waals surface area (Å²) < 4.78 is 0. The summed E-state index contributed by atoms with van der Waals surface area (Å²) in [6.07, 6.45) is 4.96. The zero-order chi connectivity index (χ0) is 14.7. The molecule has 1 fully saturated rings. The molecule has 1 N–H and O–H groups in total. The van der Waals surface area contributed by atoms with Gasteiger partial charge in [-0.3, -0.25) is 0 Å². The standard InChI is InChI=1S/C16H29N3S/c1-6-7-14-15(10-17-13-8-9-13)20-16(18-14)19(5)12(4)11(2)3/h11-13,17H,6-10H2,1-5H3. The minimum Gasteiger partial charge on any atom is -0.348 e. The van der Waals surface area contributed by atoms with Crippen molar-refractivity contribution < 1.29 is 0 Å². The third-order valence-electron chi connectivity index (χ3n) is 4.26. The molecule has 114 valence electrons. The summed E-state index contributed by atoms with van der Waals surface area (Å²) in [6, 6.07) is 1.29. The second kappa shape index (κ2) is 6.90. The van der Waals surface area contributed by atoms with Gasteiger partial charge in [0.1, 0.15) is 0 Å². The predicted octanol–water partition coefficient (Wildman–Crippen LogP) is 3.83. The van der Waals surface area contributed by atoms with Gasteiger partial charge in [0.2, 0.25) is 0 Å². The molecule has 3 nitrogen and oxygen atoms in total. The van der Waals surface area contributed by atoms with Crippen LogP contribution in [0.1, 0.15) is 57.5 Å². The molecule has 1 aromatic heterocycles. The van der Waals surface area contributed by atoms with Gasteiger partial charge in [0.15, 0.2) is 5.13 Å². The van der Waals surface area contributed by atoms with Crippen LogP contribution in [0.4, 0.5) is 5.13 Å². The second-order valence-electron chi connectivity index (χ2n) is 6.37. The maximum Gasteiger partial charge on any atom is 0.185 e. The van der Waals surface area contributed by atoms with E-state index in [2.05, 4.69) is 45.0 Å². The minimum absolute atomic E-state index is 0.528. The minimum atomic E-state index is 0.528. The van der Waals surface area contributed by atoms with Crippen LogP contribution < -0.4 is 10.2 Å². The summed E-state index contributed by atoms with van der Waals surface area (Å²) in [5, 5.41) is 4.81. The van der Waals surface area contributed by atoms with E-state index in [1.807, 2.05) is 11.3 Å². The Hall–Kier alpha value is -0.610. The Morgan fingerprint density at radius 2 is 2.05 bits per heavy atom. The highest BCUT2D eigenvalue weighted by molar-refractivity contribution is 7.15. The van der Waals surface area contributed by atoms with Gasteiger partial charge in [0.25, 0.3) is 0 Å². The fourth-order valence-electron chi connectivity index (χ4n) is 2.24. The smallest absolute Gasteiger partial charge is 0.185 e. The van der Waals surface area contributed by atoms with Crippen molar-refractivity contribution in [2.75, 3.05) is 11.9 Å². The molecule has 0 bridgehead atoms. The van der Waals surface area contributed by atoms with Crippen LogP contribution in [0.25, 0.3) is 0 Å². The molecule has 2 rings (SSSR count). The lowest BCUT2D eigenvalue weighted by Gasteiger charge is -2.27. The van der Waals surface area contributed by atoms with Crippen molar-refractivity contribution in [2.24, 2.45) is 5.92 Å². The van der Waals surface area contributed by atoms with Crippen molar-refractivity contribution in [1.82, 2.24) is 10.3 Å². The van der Waals surface area contributed by atoms with Gasteiger partial charge in [0.05, 0.1) is 5.69 Å². The quantitative estimate of drug-likeness (QED) is 0.790. The molecule has 1 aromatic rings. The largest absolute Gasteiger partial charge is 0.348 e. The van der Waals surface area contributed by atoms with Gasteiger partial charge in [0, 0.05) is 30.6 Å². The zero-order valence-corrected chi connectivity index (χ0v) is 14.4. The van der Waals surface area contributed by atoms with Crippen molar-refractivity contribution in [1.29, 1.82) is 0 Å². The number of rotatable bonds is 8. The van der Waals surface area contributed by atoms with Gasteiger partial charge < -0.3 is 10.2 Å². The van der Waals surface area contributed by atoms with Crippen LogP contribution in [0, 0.1) is 5.92 Å². The number of anilines is 1. The molecule has 0 radical (unpaired) electrons. The first kappa shape index (κ1) is 15.8. The molecule has 1 aliphatic carbocycles. The molecule has 0 amide bonds. The fourth-order valence-corrected chi connectivity index (χ4v) is 3.34. The third kappa shape index (κ3) is 3.95. The number of nitrogens with zero attached hydrogens (tertiary/aromatic N) is 2. The molecule has 0 spiro atoms. The Morgan fingerprint density at radius 1 is 1.35 bits per heavy atom. The van der Waals surface area contributed by atoms with Crippen LogP contribution in [0.2, 0.25) is 0 Å². The van der Waals surface area contributed by atoms with Crippen LogP contribution in [0.5, 0.6) is 0 Å². The lowest BCUT2D eigenvalue weighted by Crippen LogP contribution is -2.33. The van der Waals surface area contributed by atoms with Crippen molar-refractivity contribution in [3.63, 3.8) is 0 Å². The maximum absolute atomic E-state index is 4.91. The number of thiazole rings is 1. The van der Waals surface area contributed by atoms with E-state index in [0.29, 0.717) is 12.0 Å². The van der Waals surface area contributed by atoms with E-state index in [9.17, 15) is 0 Å². The van der Waals surface area contributed by atoms with Gasteiger partial charge in [-0.25, -0.2) is 4.98 Å². The molecule has 4 heteroatoms. The first-order chi connectivity index (χ1) is 9.52. The SMILES string of the molecule is CCCc1nc(N(C)C(C)C(C)C)sc1CNC1CC1. The number of aromatic nitrogens is 1. The molecule has 1 atom stereocenters. The number of nitrogens with one attached hydrogen (secondary N) is 1. The Bertz CT molecular complexity index is 423. The molecule has 1 aliphatic rings. The van der Waals surface area contributed by atoms with Crippen LogP contribution in [-0.4, -0.2) is 24.1 Å². The summed E-state index contributed by atoms with van der Waals surface area (Å²) in [4.78, 5) is 8.69. The lowest BCUT2D eigenvalue weighted by atomic mass is 10.1. The molecule has 1 saturated carbocycles. The van der Waals surface area contributed by atoms with Gasteiger partial charge in [-0.2, -0.15) is 0 Å². The molecule has 20 heavy (non-hydrogen) atoms. The van der Waals surface area contributed by atoms with E-state index in [-0.39, 0.29) is 0 Å². The predicted molar refractivity (Wildman–Crippen MR) is 88.7 cm³/mol. The second-order valence-corrected chi connectivity index (χ2v) is 7.43. The average molecular weight is 295 g/mol. The van der Waals surface area contributed by atoms with E-state index in [0.717, 1.165) is 19.0 Å². The Labute approximate surface area is 127 Å². The molecule has 0 saturated heterocycles. The summed E-state index contributed by atoms with van der Waals surface area (Å²) >= 11 is 1.88. The molecular formula is C16H29N3S. The maximum atomic E-state index is 4.91. The fraction of sp³-hybridized carbons (Fsp3) is 0.812. The summed E-state index contributed by atoms with van der Waals surface area (Å²) in [6.45, 7) is 10.1. The zero-order valence-electron chi connectivity index (χ0n) is 13.6. The van der Waals surface area contributed by atoms with E-state index >= 15 is 0 Å². The highest BCUT2D eigenvalue weighted by Gasteiger charge is 2.23. The highest BCUT2D eigenvalue weighted by atomic mass is 32.1. The first-order valence-corrected chi connectivity index (χ1v) is 8.79. The van der Waals surface area contributed by atoms with Crippen molar-refractivity contribution in [3.8, 4) is 0 Å². The van der Waals surface area contributed by atoms with Gasteiger partial charge >= 0.3 is 0 Å². The van der Waals surface area contributed by atoms with Gasteiger partial charge in [-0.15, -0.1) is 11.3 Å². The Morgan fingerprint density at radius 3 is 2.60 bits per heavy atom.